The first kappa shape index (κ1) is 19.3. The van der Waals surface area contributed by atoms with Gasteiger partial charge in [0.05, 0.1) is 15.7 Å². The van der Waals surface area contributed by atoms with Gasteiger partial charge in [-0.25, -0.2) is 8.60 Å². The molecule has 1 fully saturated rings. The Hall–Kier alpha value is -2.72. The minimum atomic E-state index is -1.41. The van der Waals surface area contributed by atoms with E-state index >= 15 is 0 Å². The molecule has 1 aliphatic carbocycles. The molecule has 0 amide bonds. The SMILES string of the molecule is O=[S@](c1ccccc1)c1c(-c2ccc(F)cc2)oc2ccc(C3CCCCC3)cc12. The Labute approximate surface area is 178 Å². The summed E-state index contributed by atoms with van der Waals surface area (Å²) < 4.78 is 33.3. The van der Waals surface area contributed by atoms with Crippen LogP contribution in [0.5, 0.6) is 0 Å². The Bertz CT molecular complexity index is 1190. The molecule has 5 rings (SSSR count). The van der Waals surface area contributed by atoms with Gasteiger partial charge in [0.1, 0.15) is 11.4 Å². The quantitative estimate of drug-likeness (QED) is 0.344. The van der Waals surface area contributed by atoms with Crippen molar-refractivity contribution in [2.45, 2.75) is 47.8 Å². The molecule has 30 heavy (non-hydrogen) atoms. The number of hydrogen-bond donors (Lipinski definition) is 0. The zero-order valence-electron chi connectivity index (χ0n) is 16.6. The lowest BCUT2D eigenvalue weighted by molar-refractivity contribution is 0.444. The smallest absolute Gasteiger partial charge is 0.151 e. The number of hydrogen-bond acceptors (Lipinski definition) is 2. The molecule has 3 aromatic carbocycles. The van der Waals surface area contributed by atoms with Crippen LogP contribution in [-0.2, 0) is 10.8 Å². The first-order valence-corrected chi connectivity index (χ1v) is 11.6. The molecular weight excluding hydrogens is 395 g/mol. The largest absolute Gasteiger partial charge is 0.455 e. The van der Waals surface area contributed by atoms with E-state index in [-0.39, 0.29) is 5.82 Å². The van der Waals surface area contributed by atoms with Crippen LogP contribution in [0.3, 0.4) is 0 Å². The molecule has 1 heterocycles. The van der Waals surface area contributed by atoms with Crippen molar-refractivity contribution in [3.63, 3.8) is 0 Å². The molecule has 1 saturated carbocycles. The highest BCUT2D eigenvalue weighted by atomic mass is 32.2. The number of rotatable bonds is 4. The van der Waals surface area contributed by atoms with E-state index in [0.717, 1.165) is 15.8 Å². The van der Waals surface area contributed by atoms with Crippen molar-refractivity contribution in [2.24, 2.45) is 0 Å². The van der Waals surface area contributed by atoms with E-state index in [1.54, 1.807) is 12.1 Å². The van der Waals surface area contributed by atoms with Crippen molar-refractivity contribution in [3.8, 4) is 11.3 Å². The maximum atomic E-state index is 13.6. The van der Waals surface area contributed by atoms with Crippen LogP contribution < -0.4 is 0 Å². The van der Waals surface area contributed by atoms with Crippen LogP contribution in [-0.4, -0.2) is 4.21 Å². The molecule has 1 aromatic heterocycles. The molecule has 4 heteroatoms. The van der Waals surface area contributed by atoms with Gasteiger partial charge in [0.25, 0.3) is 0 Å². The van der Waals surface area contributed by atoms with E-state index in [1.165, 1.54) is 49.8 Å². The number of furan rings is 1. The molecule has 0 unspecified atom stereocenters. The van der Waals surface area contributed by atoms with Gasteiger partial charge in [-0.2, -0.15) is 0 Å². The summed E-state index contributed by atoms with van der Waals surface area (Å²) in [5.74, 6) is 0.790. The summed E-state index contributed by atoms with van der Waals surface area (Å²) in [5, 5.41) is 0.889. The van der Waals surface area contributed by atoms with Crippen LogP contribution in [0.4, 0.5) is 4.39 Å². The normalized spacial score (nSPS) is 16.0. The van der Waals surface area contributed by atoms with Crippen molar-refractivity contribution in [3.05, 3.63) is 84.2 Å². The third kappa shape index (κ3) is 3.61. The number of fused-ring (bicyclic) bond motifs is 1. The van der Waals surface area contributed by atoms with Crippen molar-refractivity contribution in [2.75, 3.05) is 0 Å². The average molecular weight is 419 g/mol. The molecule has 4 aromatic rings. The highest BCUT2D eigenvalue weighted by Gasteiger charge is 2.24. The van der Waals surface area contributed by atoms with Crippen LogP contribution in [0.1, 0.15) is 43.6 Å². The molecule has 0 aliphatic heterocycles. The Balaban J connectivity index is 1.70. The molecule has 0 saturated heterocycles. The highest BCUT2D eigenvalue weighted by molar-refractivity contribution is 7.85. The van der Waals surface area contributed by atoms with Crippen molar-refractivity contribution >= 4 is 21.8 Å². The van der Waals surface area contributed by atoms with Gasteiger partial charge in [-0.3, -0.25) is 0 Å². The van der Waals surface area contributed by atoms with Gasteiger partial charge >= 0.3 is 0 Å². The molecule has 2 nitrogen and oxygen atoms in total. The van der Waals surface area contributed by atoms with Crippen molar-refractivity contribution in [1.82, 2.24) is 0 Å². The van der Waals surface area contributed by atoms with E-state index in [0.29, 0.717) is 22.2 Å². The summed E-state index contributed by atoms with van der Waals surface area (Å²) in [4.78, 5) is 1.40. The fourth-order valence-electron chi connectivity index (χ4n) is 4.42. The summed E-state index contributed by atoms with van der Waals surface area (Å²) in [5.41, 5.74) is 2.74. The van der Waals surface area contributed by atoms with Gasteiger partial charge in [-0.15, -0.1) is 0 Å². The second-order valence-electron chi connectivity index (χ2n) is 7.94. The molecule has 1 atom stereocenters. The zero-order chi connectivity index (χ0) is 20.5. The predicted octanol–water partition coefficient (Wildman–Crippen LogP) is 7.45. The van der Waals surface area contributed by atoms with Gasteiger partial charge in [-0.1, -0.05) is 43.5 Å². The topological polar surface area (TPSA) is 30.2 Å². The number of benzene rings is 3. The summed E-state index contributed by atoms with van der Waals surface area (Å²) in [7, 11) is -1.41. The third-order valence-corrected chi connectivity index (χ3v) is 7.47. The fourth-order valence-corrected chi connectivity index (χ4v) is 5.75. The summed E-state index contributed by atoms with van der Waals surface area (Å²) in [6.45, 7) is 0. The Morgan fingerprint density at radius 2 is 1.60 bits per heavy atom. The minimum Gasteiger partial charge on any atom is -0.455 e. The monoisotopic (exact) mass is 418 g/mol. The molecular formula is C26H23FO2S. The Kier molecular flexibility index (Phi) is 5.26. The molecule has 0 N–H and O–H groups in total. The third-order valence-electron chi connectivity index (χ3n) is 5.99. The van der Waals surface area contributed by atoms with E-state index in [9.17, 15) is 8.60 Å². The molecule has 152 valence electrons. The van der Waals surface area contributed by atoms with E-state index in [1.807, 2.05) is 36.4 Å². The van der Waals surface area contributed by atoms with E-state index in [4.69, 9.17) is 4.42 Å². The Morgan fingerprint density at radius 3 is 2.33 bits per heavy atom. The maximum absolute atomic E-state index is 13.6. The van der Waals surface area contributed by atoms with E-state index in [2.05, 4.69) is 12.1 Å². The van der Waals surface area contributed by atoms with Crippen LogP contribution in [0, 0.1) is 5.82 Å². The van der Waals surface area contributed by atoms with Gasteiger partial charge in [0, 0.05) is 15.8 Å². The van der Waals surface area contributed by atoms with Gasteiger partial charge in [0.15, 0.2) is 5.76 Å². The van der Waals surface area contributed by atoms with E-state index < -0.39 is 10.8 Å². The molecule has 1 aliphatic rings. The second-order valence-corrected chi connectivity index (χ2v) is 9.36. The molecule has 0 bridgehead atoms. The Morgan fingerprint density at radius 1 is 0.867 bits per heavy atom. The van der Waals surface area contributed by atoms with Crippen molar-refractivity contribution < 1.29 is 13.0 Å². The zero-order valence-corrected chi connectivity index (χ0v) is 17.5. The standard InChI is InChI=1S/C26H23FO2S/c27-21-14-11-19(12-15-21)25-26(30(28)22-9-5-2-6-10-22)23-17-20(13-16-24(23)29-25)18-7-3-1-4-8-18/h2,5-6,9-18H,1,3-4,7-8H2/t30-/m1/s1. The van der Waals surface area contributed by atoms with Crippen LogP contribution in [0.25, 0.3) is 22.3 Å². The second kappa shape index (κ2) is 8.19. The molecule has 0 spiro atoms. The first-order chi connectivity index (χ1) is 14.7. The lowest BCUT2D eigenvalue weighted by Crippen LogP contribution is -2.04. The minimum absolute atomic E-state index is 0.305. The highest BCUT2D eigenvalue weighted by Crippen LogP contribution is 2.41. The number of halogens is 1. The predicted molar refractivity (Wildman–Crippen MR) is 119 cm³/mol. The summed E-state index contributed by atoms with van der Waals surface area (Å²) in [6.07, 6.45) is 6.23. The first-order valence-electron chi connectivity index (χ1n) is 10.5. The summed E-state index contributed by atoms with van der Waals surface area (Å²) >= 11 is 0. The fraction of sp³-hybridized carbons (Fsp3) is 0.231. The lowest BCUT2D eigenvalue weighted by Gasteiger charge is -2.21. The summed E-state index contributed by atoms with van der Waals surface area (Å²) in [6, 6.07) is 21.9. The lowest BCUT2D eigenvalue weighted by atomic mass is 9.84. The van der Waals surface area contributed by atoms with Crippen molar-refractivity contribution in [1.29, 1.82) is 0 Å². The van der Waals surface area contributed by atoms with Crippen LogP contribution >= 0.6 is 0 Å². The van der Waals surface area contributed by atoms with Crippen LogP contribution in [0.2, 0.25) is 0 Å². The van der Waals surface area contributed by atoms with Crippen LogP contribution in [0.15, 0.2) is 87.0 Å². The van der Waals surface area contributed by atoms with Gasteiger partial charge < -0.3 is 4.42 Å². The van der Waals surface area contributed by atoms with Gasteiger partial charge in [-0.05, 0) is 72.9 Å². The maximum Gasteiger partial charge on any atom is 0.151 e. The average Bonchev–Trinajstić information content (AvgIpc) is 3.19. The molecule has 0 radical (unpaired) electrons. The van der Waals surface area contributed by atoms with Gasteiger partial charge in [0.2, 0.25) is 0 Å².